The lowest BCUT2D eigenvalue weighted by atomic mass is 9.78. The molecule has 3 nitrogen and oxygen atoms in total. The molecule has 0 saturated heterocycles. The molecule has 0 saturated carbocycles. The van der Waals surface area contributed by atoms with Gasteiger partial charge in [-0.05, 0) is 321 Å². The van der Waals surface area contributed by atoms with E-state index in [1.165, 1.54) is 253 Å². The average Bonchev–Trinajstić information content (AvgIpc) is 1.45. The molecule has 0 fully saturated rings. The van der Waals surface area contributed by atoms with Gasteiger partial charge in [-0.2, -0.15) is 0 Å². The van der Waals surface area contributed by atoms with Crippen molar-refractivity contribution in [2.24, 2.45) is 0 Å². The number of oxazole rings is 1. The summed E-state index contributed by atoms with van der Waals surface area (Å²) < 4.78 is 6.23. The largest absolute Gasteiger partial charge is 0.436 e. The lowest BCUT2D eigenvalue weighted by Gasteiger charge is -2.25. The first-order chi connectivity index (χ1) is 61.9. The predicted octanol–water partition coefficient (Wildman–Crippen LogP) is 33.9. The number of para-hydroxylation sites is 3. The molecule has 22 aromatic rings. The molecule has 4 heteroatoms. The predicted molar refractivity (Wildman–Crippen MR) is 531 cm³/mol. The Morgan fingerprint density at radius 2 is 0.619 bits per heavy atom. The Labute approximate surface area is 734 Å². The monoisotopic (exact) mass is 1620 g/mol. The summed E-state index contributed by atoms with van der Waals surface area (Å²) in [5, 5.41) is 19.2. The maximum absolute atomic E-state index is 6.23. The number of nitrogens with one attached hydrogen (secondary N) is 1. The molecule has 0 radical (unpaired) electrons. The number of benzene rings is 21. The number of rotatable bonds is 10. The highest BCUT2D eigenvalue weighted by molar-refractivity contribution is 8.00. The zero-order valence-corrected chi connectivity index (χ0v) is 70.6. The van der Waals surface area contributed by atoms with E-state index in [0.717, 1.165) is 22.2 Å². The zero-order chi connectivity index (χ0) is 83.1. The summed E-state index contributed by atoms with van der Waals surface area (Å²) in [6.45, 7) is 9.73. The van der Waals surface area contributed by atoms with E-state index in [2.05, 4.69) is 397 Å². The highest BCUT2D eigenvalue weighted by Crippen LogP contribution is 2.61. The Bertz CT molecular complexity index is 8450. The van der Waals surface area contributed by atoms with Gasteiger partial charge < -0.3 is 9.73 Å². The zero-order valence-electron chi connectivity index (χ0n) is 69.8. The standard InChI is InChI=1S/C122H78N2OS/c1-121(2)105-63-79(74-44-50-77(51-45-74)119-123-109-32-14-16-34-111(109)125-119)53-56-84(105)100-66-102-104(68-108(100)121)118(96-59-58-94-82-23-9-8-22-81(82)86-28-18-30-92(96)115(86)94)91-27-13-12-26-90(91)117(102)95-60-61-97-98-62-78(52-55-83(98)87-29-19-31-93(95)116(87)97)73-38-36-71(37-39-73)72-42-48-76(49-43-72)114-89-25-11-10-24-88(89)113(75-46-40-70(41-47-75)69-20-6-5-7-21-69)101-65-99-85-57-54-80(120-124-110-33-15-17-35-112(110)126-120)64-106(85)122(3,4)107(99)67-103(101)114/h5-68,120,124H,1-4H3. The minimum atomic E-state index is -0.329. The summed E-state index contributed by atoms with van der Waals surface area (Å²) >= 11 is 1.91. The van der Waals surface area contributed by atoms with E-state index in [4.69, 9.17) is 9.40 Å². The second-order valence-corrected chi connectivity index (χ2v) is 37.3. The second-order valence-electron chi connectivity index (χ2n) is 36.2. The van der Waals surface area contributed by atoms with E-state index in [-0.39, 0.29) is 16.2 Å². The van der Waals surface area contributed by atoms with Gasteiger partial charge in [0.15, 0.2) is 5.58 Å². The van der Waals surface area contributed by atoms with Crippen LogP contribution in [0.2, 0.25) is 0 Å². The minimum absolute atomic E-state index is 0.147. The number of hydrogen-bond donors (Lipinski definition) is 1. The van der Waals surface area contributed by atoms with Crippen LogP contribution in [0.15, 0.2) is 398 Å². The van der Waals surface area contributed by atoms with Crippen molar-refractivity contribution >= 4 is 93.2 Å². The molecule has 126 heavy (non-hydrogen) atoms. The Kier molecular flexibility index (Phi) is 15.1. The van der Waals surface area contributed by atoms with Crippen LogP contribution < -0.4 is 5.32 Å². The van der Waals surface area contributed by atoms with Gasteiger partial charge in [0.25, 0.3) is 0 Å². The Hall–Kier alpha value is -15.2. The molecule has 0 bridgehead atoms. The maximum atomic E-state index is 6.23. The maximum Gasteiger partial charge on any atom is 0.227 e. The lowest BCUT2D eigenvalue weighted by Crippen LogP contribution is -2.16. The summed E-state index contributed by atoms with van der Waals surface area (Å²) in [5.74, 6) is 0.630. The van der Waals surface area contributed by atoms with Crippen LogP contribution in [0.4, 0.5) is 5.69 Å². The molecule has 588 valence electrons. The number of nitrogens with zero attached hydrogens (tertiary/aromatic N) is 1. The number of anilines is 1. The van der Waals surface area contributed by atoms with Crippen LogP contribution in [-0.4, -0.2) is 4.98 Å². The van der Waals surface area contributed by atoms with Gasteiger partial charge in [0, 0.05) is 27.0 Å². The molecule has 5 aliphatic rings. The van der Waals surface area contributed by atoms with Crippen molar-refractivity contribution in [2.45, 2.75) is 48.8 Å². The molecule has 1 aliphatic heterocycles. The highest BCUT2D eigenvalue weighted by atomic mass is 32.2. The number of fused-ring (bicyclic) bond motifs is 18. The van der Waals surface area contributed by atoms with Crippen molar-refractivity contribution in [3.63, 3.8) is 0 Å². The van der Waals surface area contributed by atoms with Crippen LogP contribution >= 0.6 is 11.8 Å². The van der Waals surface area contributed by atoms with E-state index in [1.807, 2.05) is 36.0 Å². The number of aromatic nitrogens is 1. The van der Waals surface area contributed by atoms with Crippen LogP contribution in [-0.2, 0) is 10.8 Å². The van der Waals surface area contributed by atoms with Gasteiger partial charge in [0.1, 0.15) is 10.9 Å². The third kappa shape index (κ3) is 10.4. The van der Waals surface area contributed by atoms with Crippen molar-refractivity contribution in [1.29, 1.82) is 0 Å². The topological polar surface area (TPSA) is 38.1 Å². The second kappa shape index (κ2) is 26.7. The van der Waals surface area contributed by atoms with E-state index in [1.54, 1.807) is 0 Å². The summed E-state index contributed by atoms with van der Waals surface area (Å²) in [5.41, 5.74) is 44.9. The fourth-order valence-electron chi connectivity index (χ4n) is 22.7. The molecule has 0 spiro atoms. The summed E-state index contributed by atoms with van der Waals surface area (Å²) in [7, 11) is 0. The molecule has 27 rings (SSSR count). The summed E-state index contributed by atoms with van der Waals surface area (Å²) in [6, 6.07) is 147. The third-order valence-corrected chi connectivity index (χ3v) is 30.1. The molecule has 0 amide bonds. The van der Waals surface area contributed by atoms with Crippen LogP contribution in [0.5, 0.6) is 0 Å². The van der Waals surface area contributed by atoms with Gasteiger partial charge in [-0.25, -0.2) is 4.98 Å². The van der Waals surface area contributed by atoms with E-state index in [0.29, 0.717) is 5.89 Å². The Morgan fingerprint density at radius 3 is 1.19 bits per heavy atom. The fourth-order valence-corrected chi connectivity index (χ4v) is 23.9. The van der Waals surface area contributed by atoms with Crippen LogP contribution in [0.3, 0.4) is 0 Å². The van der Waals surface area contributed by atoms with Crippen molar-refractivity contribution in [2.75, 3.05) is 5.32 Å². The SMILES string of the molecule is CC1(C)c2cc(C3Nc4ccccc4S3)ccc2-c2cc3c(-c4ccc(-c5ccccc5)cc4)c4ccccc4c(-c4ccc(-c5ccc(-c6ccc7c(c6)-c6ccc(-c8c9ccccc9c(-c9ccc%10c%11c(cccc9%11)-c9ccccc9-%10)c9cc%10c(cc89)-c8ccc(-c9ccc(-c%11nc%12ccccc%12o%11)cc9)cc8C%10(C)C)c8cccc-7c68)cc5)cc4)c3cc21. The van der Waals surface area contributed by atoms with Crippen LogP contribution in [0, 0.1) is 0 Å². The smallest absolute Gasteiger partial charge is 0.227 e. The first kappa shape index (κ1) is 71.4. The first-order valence-corrected chi connectivity index (χ1v) is 44.9. The Morgan fingerprint density at radius 1 is 0.246 bits per heavy atom. The number of hydrogen-bond acceptors (Lipinski definition) is 4. The van der Waals surface area contributed by atoms with Gasteiger partial charge in [-0.15, -0.1) is 0 Å². The normalized spacial score (nSPS) is 14.3. The number of thioether (sulfide) groups is 1. The van der Waals surface area contributed by atoms with Crippen LogP contribution in [0.25, 0.3) is 243 Å². The highest BCUT2D eigenvalue weighted by Gasteiger charge is 2.41. The molecule has 1 N–H and O–H groups in total. The third-order valence-electron chi connectivity index (χ3n) is 28.9. The average molecular weight is 1620 g/mol. The van der Waals surface area contributed by atoms with E-state index < -0.39 is 0 Å². The molecular weight excluding hydrogens is 1540 g/mol. The van der Waals surface area contributed by atoms with E-state index in [9.17, 15) is 0 Å². The van der Waals surface area contributed by atoms with Crippen LogP contribution in [0.1, 0.15) is 60.9 Å². The molecule has 21 aromatic carbocycles. The van der Waals surface area contributed by atoms with Gasteiger partial charge in [0.2, 0.25) is 5.89 Å². The van der Waals surface area contributed by atoms with Gasteiger partial charge in [-0.3, -0.25) is 0 Å². The lowest BCUT2D eigenvalue weighted by molar-refractivity contribution is 0.620. The molecule has 4 aliphatic carbocycles. The molecule has 2 heterocycles. The van der Waals surface area contributed by atoms with Crippen molar-refractivity contribution < 1.29 is 4.42 Å². The van der Waals surface area contributed by atoms with Gasteiger partial charge in [-0.1, -0.05) is 355 Å². The summed E-state index contributed by atoms with van der Waals surface area (Å²) in [4.78, 5) is 6.13. The van der Waals surface area contributed by atoms with Crippen molar-refractivity contribution in [3.8, 4) is 167 Å². The van der Waals surface area contributed by atoms with Crippen molar-refractivity contribution in [1.82, 2.24) is 4.98 Å². The molecule has 1 atom stereocenters. The van der Waals surface area contributed by atoms with Gasteiger partial charge >= 0.3 is 0 Å². The minimum Gasteiger partial charge on any atom is -0.436 e. The summed E-state index contributed by atoms with van der Waals surface area (Å²) in [6.07, 6.45) is 0. The molecular formula is C122H78N2OS. The Balaban J connectivity index is 0.551. The quantitative estimate of drug-likeness (QED) is 0.139. The molecule has 1 unspecified atom stereocenters. The fraction of sp³-hybridized carbons (Fsp3) is 0.0574. The first-order valence-electron chi connectivity index (χ1n) is 44.0. The van der Waals surface area contributed by atoms with E-state index >= 15 is 0 Å². The van der Waals surface area contributed by atoms with Gasteiger partial charge in [0.05, 0.1) is 0 Å². The molecule has 1 aromatic heterocycles. The van der Waals surface area contributed by atoms with Crippen molar-refractivity contribution in [3.05, 3.63) is 416 Å².